The highest BCUT2D eigenvalue weighted by atomic mass is 16.5. The molecule has 200 valence electrons. The highest BCUT2D eigenvalue weighted by Gasteiger charge is 2.27. The van der Waals surface area contributed by atoms with Crippen molar-refractivity contribution in [2.75, 3.05) is 36.0 Å². The van der Waals surface area contributed by atoms with Gasteiger partial charge in [0.1, 0.15) is 5.82 Å². The zero-order valence-corrected chi connectivity index (χ0v) is 23.4. The van der Waals surface area contributed by atoms with E-state index in [0.717, 1.165) is 83.2 Å². The number of hydrogen-bond acceptors (Lipinski definition) is 6. The minimum absolute atomic E-state index is 0.167. The van der Waals surface area contributed by atoms with Gasteiger partial charge < -0.3 is 14.5 Å². The van der Waals surface area contributed by atoms with Gasteiger partial charge in [0.2, 0.25) is 5.95 Å². The van der Waals surface area contributed by atoms with Gasteiger partial charge in [0, 0.05) is 37.9 Å². The molecule has 0 bridgehead atoms. The molecule has 4 aromatic rings. The molecule has 0 saturated carbocycles. The molecule has 0 aliphatic carbocycles. The molecule has 2 atom stereocenters. The Bertz CT molecular complexity index is 1410. The summed E-state index contributed by atoms with van der Waals surface area (Å²) in [6, 6.07) is 10.9. The number of benzene rings is 1. The van der Waals surface area contributed by atoms with Crippen LogP contribution in [-0.4, -0.2) is 57.7 Å². The molecule has 7 nitrogen and oxygen atoms in total. The van der Waals surface area contributed by atoms with Crippen molar-refractivity contribution in [1.29, 1.82) is 0 Å². The Hall–Kier alpha value is -3.19. The number of ether oxygens (including phenoxy) is 1. The van der Waals surface area contributed by atoms with E-state index in [9.17, 15) is 0 Å². The summed E-state index contributed by atoms with van der Waals surface area (Å²) >= 11 is 0. The van der Waals surface area contributed by atoms with E-state index in [1.54, 1.807) is 0 Å². The molecule has 2 aliphatic heterocycles. The number of piperidine rings is 1. The summed E-state index contributed by atoms with van der Waals surface area (Å²) in [5.41, 5.74) is 6.33. The number of morpholine rings is 1. The molecule has 0 spiro atoms. The van der Waals surface area contributed by atoms with Gasteiger partial charge in [-0.1, -0.05) is 19.9 Å². The van der Waals surface area contributed by atoms with Crippen molar-refractivity contribution in [1.82, 2.24) is 19.4 Å². The number of nitrogens with zero attached hydrogens (tertiary/aromatic N) is 6. The first kappa shape index (κ1) is 25.1. The summed E-state index contributed by atoms with van der Waals surface area (Å²) in [4.78, 5) is 19.4. The fourth-order valence-corrected chi connectivity index (χ4v) is 6.40. The summed E-state index contributed by atoms with van der Waals surface area (Å²) < 4.78 is 8.27. The molecule has 6 rings (SSSR count). The van der Waals surface area contributed by atoms with Gasteiger partial charge in [0.05, 0.1) is 40.6 Å². The van der Waals surface area contributed by atoms with Crippen LogP contribution in [-0.2, 0) is 4.74 Å². The number of aromatic nitrogens is 4. The molecule has 38 heavy (non-hydrogen) atoms. The van der Waals surface area contributed by atoms with E-state index in [1.165, 1.54) is 19.3 Å². The third kappa shape index (κ3) is 4.84. The van der Waals surface area contributed by atoms with Crippen LogP contribution in [0.2, 0.25) is 0 Å². The van der Waals surface area contributed by atoms with Crippen LogP contribution in [0.25, 0.3) is 27.7 Å². The standard InChI is InChI=1S/C31H40N6O/c1-20(2)14-24-10-12-35(13-11-24)30-9-7-26(16-33-30)25-6-8-27-28(15-25)37-29(17-32-27)23(5)34-31(37)36-18-21(3)38-22(4)19-36/h6-9,15-17,20-22,24H,10-14,18-19H2,1-5H3/t21-,22+. The molecule has 3 aromatic heterocycles. The molecular formula is C31H40N6O. The monoisotopic (exact) mass is 512 g/mol. The summed E-state index contributed by atoms with van der Waals surface area (Å²) in [7, 11) is 0. The number of anilines is 2. The maximum atomic E-state index is 5.99. The molecular weight excluding hydrogens is 472 g/mol. The Morgan fingerprint density at radius 1 is 0.895 bits per heavy atom. The lowest BCUT2D eigenvalue weighted by Crippen LogP contribution is -2.46. The SMILES string of the molecule is Cc1nc(N2C[C@@H](C)O[C@@H](C)C2)n2c1cnc1ccc(-c3ccc(N4CCC(CC(C)C)CC4)nc3)cc12. The van der Waals surface area contributed by atoms with Crippen LogP contribution in [0.1, 0.15) is 52.7 Å². The first-order valence-electron chi connectivity index (χ1n) is 14.3. The number of imidazole rings is 1. The normalized spacial score (nSPS) is 21.2. The largest absolute Gasteiger partial charge is 0.372 e. The molecule has 0 radical (unpaired) electrons. The minimum atomic E-state index is 0.167. The third-order valence-electron chi connectivity index (χ3n) is 8.15. The molecule has 2 saturated heterocycles. The molecule has 0 unspecified atom stereocenters. The van der Waals surface area contributed by atoms with Gasteiger partial charge in [-0.25, -0.2) is 9.97 Å². The van der Waals surface area contributed by atoms with Crippen molar-refractivity contribution >= 4 is 28.3 Å². The molecule has 1 aromatic carbocycles. The van der Waals surface area contributed by atoms with Crippen molar-refractivity contribution in [2.45, 2.75) is 66.1 Å². The van der Waals surface area contributed by atoms with Gasteiger partial charge >= 0.3 is 0 Å². The Morgan fingerprint density at radius 2 is 1.63 bits per heavy atom. The van der Waals surface area contributed by atoms with Gasteiger partial charge in [-0.05, 0) is 81.7 Å². The lowest BCUT2D eigenvalue weighted by Gasteiger charge is -2.35. The van der Waals surface area contributed by atoms with Crippen LogP contribution in [0.3, 0.4) is 0 Å². The number of pyridine rings is 1. The van der Waals surface area contributed by atoms with E-state index >= 15 is 0 Å². The molecule has 5 heterocycles. The van der Waals surface area contributed by atoms with Gasteiger partial charge in [-0.3, -0.25) is 9.38 Å². The molecule has 2 aliphatic rings. The van der Waals surface area contributed by atoms with E-state index in [2.05, 4.69) is 79.2 Å². The van der Waals surface area contributed by atoms with Crippen LogP contribution >= 0.6 is 0 Å². The topological polar surface area (TPSA) is 58.8 Å². The second-order valence-corrected chi connectivity index (χ2v) is 11.8. The average molecular weight is 513 g/mol. The number of fused-ring (bicyclic) bond motifs is 3. The smallest absolute Gasteiger partial charge is 0.211 e. The Balaban J connectivity index is 1.30. The summed E-state index contributed by atoms with van der Waals surface area (Å²) in [5, 5.41) is 0. The summed E-state index contributed by atoms with van der Waals surface area (Å²) in [5.74, 6) is 3.70. The number of aryl methyl sites for hydroxylation is 1. The van der Waals surface area contributed by atoms with Crippen molar-refractivity contribution in [3.8, 4) is 11.1 Å². The van der Waals surface area contributed by atoms with E-state index in [-0.39, 0.29) is 12.2 Å². The zero-order valence-electron chi connectivity index (χ0n) is 23.4. The van der Waals surface area contributed by atoms with Crippen LogP contribution in [0.15, 0.2) is 42.7 Å². The van der Waals surface area contributed by atoms with Crippen molar-refractivity contribution in [2.24, 2.45) is 11.8 Å². The van der Waals surface area contributed by atoms with E-state index in [0.29, 0.717) is 0 Å². The number of rotatable bonds is 5. The molecule has 0 N–H and O–H groups in total. The Labute approximate surface area is 225 Å². The average Bonchev–Trinajstić information content (AvgIpc) is 3.25. The third-order valence-corrected chi connectivity index (χ3v) is 8.15. The van der Waals surface area contributed by atoms with Crippen LogP contribution in [0.5, 0.6) is 0 Å². The van der Waals surface area contributed by atoms with E-state index in [1.807, 2.05) is 12.4 Å². The highest BCUT2D eigenvalue weighted by molar-refractivity contribution is 5.85. The van der Waals surface area contributed by atoms with Gasteiger partial charge in [-0.15, -0.1) is 0 Å². The Morgan fingerprint density at radius 3 is 2.32 bits per heavy atom. The van der Waals surface area contributed by atoms with E-state index < -0.39 is 0 Å². The lowest BCUT2D eigenvalue weighted by atomic mass is 9.88. The molecule has 2 fully saturated rings. The second-order valence-electron chi connectivity index (χ2n) is 11.8. The highest BCUT2D eigenvalue weighted by Crippen LogP contribution is 2.31. The predicted octanol–water partition coefficient (Wildman–Crippen LogP) is 6.13. The minimum Gasteiger partial charge on any atom is -0.372 e. The predicted molar refractivity (Wildman–Crippen MR) is 155 cm³/mol. The van der Waals surface area contributed by atoms with Crippen molar-refractivity contribution < 1.29 is 4.74 Å². The van der Waals surface area contributed by atoms with E-state index in [4.69, 9.17) is 19.7 Å². The first-order chi connectivity index (χ1) is 18.4. The van der Waals surface area contributed by atoms with Gasteiger partial charge in [0.25, 0.3) is 0 Å². The van der Waals surface area contributed by atoms with Gasteiger partial charge in [-0.2, -0.15) is 0 Å². The maximum absolute atomic E-state index is 5.99. The van der Waals surface area contributed by atoms with Gasteiger partial charge in [0.15, 0.2) is 0 Å². The van der Waals surface area contributed by atoms with Crippen molar-refractivity contribution in [3.63, 3.8) is 0 Å². The second kappa shape index (κ2) is 10.2. The molecule has 7 heteroatoms. The quantitative estimate of drug-likeness (QED) is 0.321. The summed E-state index contributed by atoms with van der Waals surface area (Å²) in [6.45, 7) is 14.9. The fraction of sp³-hybridized carbons (Fsp3) is 0.516. The zero-order chi connectivity index (χ0) is 26.4. The van der Waals surface area contributed by atoms with Crippen molar-refractivity contribution in [3.05, 3.63) is 48.4 Å². The Kier molecular flexibility index (Phi) is 6.72. The van der Waals surface area contributed by atoms with Crippen LogP contribution in [0, 0.1) is 18.8 Å². The van der Waals surface area contributed by atoms with Crippen LogP contribution in [0.4, 0.5) is 11.8 Å². The summed E-state index contributed by atoms with van der Waals surface area (Å²) in [6.07, 6.45) is 8.18. The fourth-order valence-electron chi connectivity index (χ4n) is 6.40. The van der Waals surface area contributed by atoms with Crippen LogP contribution < -0.4 is 9.80 Å². The first-order valence-corrected chi connectivity index (χ1v) is 14.3. The number of hydrogen-bond donors (Lipinski definition) is 0. The molecule has 0 amide bonds. The lowest BCUT2D eigenvalue weighted by molar-refractivity contribution is -0.00573. The maximum Gasteiger partial charge on any atom is 0.211 e.